The van der Waals surface area contributed by atoms with Gasteiger partial charge in [0.2, 0.25) is 10.0 Å². The van der Waals surface area contributed by atoms with E-state index in [1.165, 1.54) is 38.0 Å². The van der Waals surface area contributed by atoms with Crippen LogP contribution in [0.3, 0.4) is 0 Å². The Balaban J connectivity index is 1.87. The number of fused-ring (bicyclic) bond motifs is 1. The molecule has 0 radical (unpaired) electrons. The van der Waals surface area contributed by atoms with Crippen LogP contribution in [0.15, 0.2) is 50.9 Å². The molecule has 3 aromatic rings. The zero-order chi connectivity index (χ0) is 18.2. The first-order chi connectivity index (χ1) is 11.8. The highest BCUT2D eigenvalue weighted by Crippen LogP contribution is 2.33. The van der Waals surface area contributed by atoms with Gasteiger partial charge >= 0.3 is 0 Å². The maximum atomic E-state index is 12.2. The number of benzene rings is 2. The van der Waals surface area contributed by atoms with Gasteiger partial charge in [0.05, 0.1) is 4.90 Å². The van der Waals surface area contributed by atoms with Crippen molar-refractivity contribution in [2.24, 2.45) is 0 Å². The molecule has 0 bridgehead atoms. The van der Waals surface area contributed by atoms with Crippen LogP contribution in [-0.4, -0.2) is 31.8 Å². The van der Waals surface area contributed by atoms with Crippen molar-refractivity contribution in [2.45, 2.75) is 15.9 Å². The van der Waals surface area contributed by atoms with Gasteiger partial charge in [-0.2, -0.15) is 0 Å². The molecular weight excluding hydrogens is 403 g/mol. The first-order valence-corrected chi connectivity index (χ1v) is 10.4. The van der Waals surface area contributed by atoms with Gasteiger partial charge in [0.25, 0.3) is 5.22 Å². The maximum absolute atomic E-state index is 12.2. The number of sulfonamides is 1. The van der Waals surface area contributed by atoms with Crippen molar-refractivity contribution in [2.75, 3.05) is 14.1 Å². The number of hydrogen-bond acceptors (Lipinski definition) is 5. The molecule has 0 amide bonds. The second-order valence-electron chi connectivity index (χ2n) is 5.39. The van der Waals surface area contributed by atoms with Gasteiger partial charge in [0, 0.05) is 29.9 Å². The molecule has 0 aliphatic carbocycles. The quantitative estimate of drug-likeness (QED) is 0.565. The van der Waals surface area contributed by atoms with Crippen molar-refractivity contribution >= 4 is 56.1 Å². The van der Waals surface area contributed by atoms with E-state index < -0.39 is 10.0 Å². The average molecular weight is 417 g/mol. The van der Waals surface area contributed by atoms with Crippen molar-refractivity contribution in [3.63, 3.8) is 0 Å². The van der Waals surface area contributed by atoms with Gasteiger partial charge in [0.15, 0.2) is 5.58 Å². The number of rotatable bonds is 5. The third-order valence-electron chi connectivity index (χ3n) is 3.52. The van der Waals surface area contributed by atoms with Gasteiger partial charge in [-0.1, -0.05) is 41.0 Å². The molecular formula is C16H14Cl2N2O3S2. The smallest absolute Gasteiger partial charge is 0.257 e. The molecule has 25 heavy (non-hydrogen) atoms. The number of halogens is 2. The number of nitrogens with zero attached hydrogens (tertiary/aromatic N) is 2. The normalized spacial score (nSPS) is 12.2. The minimum absolute atomic E-state index is 0.170. The Kier molecular flexibility index (Phi) is 5.31. The monoisotopic (exact) mass is 416 g/mol. The Bertz CT molecular complexity index is 1010. The zero-order valence-electron chi connectivity index (χ0n) is 13.4. The average Bonchev–Trinajstić information content (AvgIpc) is 2.96. The lowest BCUT2D eigenvalue weighted by molar-refractivity contribution is 0.489. The van der Waals surface area contributed by atoms with Gasteiger partial charge in [-0.15, -0.1) is 0 Å². The van der Waals surface area contributed by atoms with Gasteiger partial charge in [-0.3, -0.25) is 0 Å². The van der Waals surface area contributed by atoms with Gasteiger partial charge in [-0.05, 0) is 35.9 Å². The fourth-order valence-electron chi connectivity index (χ4n) is 2.12. The van der Waals surface area contributed by atoms with Gasteiger partial charge in [0.1, 0.15) is 5.52 Å². The van der Waals surface area contributed by atoms with Crippen LogP contribution in [0.5, 0.6) is 0 Å². The fourth-order valence-corrected chi connectivity index (χ4v) is 4.63. The zero-order valence-corrected chi connectivity index (χ0v) is 16.5. The lowest BCUT2D eigenvalue weighted by Crippen LogP contribution is -2.22. The molecule has 1 aromatic heterocycles. The standard InChI is InChI=1S/C16H14Cl2N2O3S2/c1-20(2)25(21,22)10-6-7-15-14(8-10)19-16(23-15)24-9-11-12(17)4-3-5-13(11)18/h3-8H,9H2,1-2H3. The van der Waals surface area contributed by atoms with Crippen molar-refractivity contribution in [3.05, 3.63) is 52.0 Å². The Morgan fingerprint density at radius 2 is 1.84 bits per heavy atom. The number of hydrogen-bond donors (Lipinski definition) is 0. The molecule has 0 saturated heterocycles. The van der Waals surface area contributed by atoms with Crippen molar-refractivity contribution < 1.29 is 12.8 Å². The van der Waals surface area contributed by atoms with Crippen molar-refractivity contribution in [3.8, 4) is 0 Å². The maximum Gasteiger partial charge on any atom is 0.257 e. The summed E-state index contributed by atoms with van der Waals surface area (Å²) < 4.78 is 31.2. The molecule has 9 heteroatoms. The Morgan fingerprint density at radius 1 is 1.16 bits per heavy atom. The van der Waals surface area contributed by atoms with Crippen LogP contribution in [0.4, 0.5) is 0 Å². The first kappa shape index (κ1) is 18.5. The molecule has 0 atom stereocenters. The van der Waals surface area contributed by atoms with Crippen LogP contribution in [0.25, 0.3) is 11.1 Å². The van der Waals surface area contributed by atoms with Crippen LogP contribution >= 0.6 is 35.0 Å². The van der Waals surface area contributed by atoms with E-state index in [0.717, 1.165) is 9.87 Å². The van der Waals surface area contributed by atoms with Crippen LogP contribution in [0.2, 0.25) is 10.0 Å². The summed E-state index contributed by atoms with van der Waals surface area (Å²) in [6, 6.07) is 9.93. The molecule has 0 aliphatic rings. The van der Waals surface area contributed by atoms with Crippen LogP contribution < -0.4 is 0 Å². The molecule has 0 spiro atoms. The van der Waals surface area contributed by atoms with E-state index in [4.69, 9.17) is 27.6 Å². The Morgan fingerprint density at radius 3 is 2.48 bits per heavy atom. The minimum atomic E-state index is -3.52. The van der Waals surface area contributed by atoms with Crippen LogP contribution in [-0.2, 0) is 15.8 Å². The Hall–Kier alpha value is -1.25. The summed E-state index contributed by atoms with van der Waals surface area (Å²) in [5, 5.41) is 1.58. The van der Waals surface area contributed by atoms with E-state index in [-0.39, 0.29) is 4.90 Å². The van der Waals surface area contributed by atoms with Crippen LogP contribution in [0, 0.1) is 0 Å². The molecule has 0 saturated carbocycles. The highest BCUT2D eigenvalue weighted by atomic mass is 35.5. The van der Waals surface area contributed by atoms with Gasteiger partial charge in [-0.25, -0.2) is 17.7 Å². The van der Waals surface area contributed by atoms with E-state index in [1.54, 1.807) is 24.3 Å². The SMILES string of the molecule is CN(C)S(=O)(=O)c1ccc2oc(SCc3c(Cl)cccc3Cl)nc2c1. The summed E-state index contributed by atoms with van der Waals surface area (Å²) >= 11 is 13.7. The van der Waals surface area contributed by atoms with E-state index in [0.29, 0.717) is 32.1 Å². The summed E-state index contributed by atoms with van der Waals surface area (Å²) in [4.78, 5) is 4.52. The second kappa shape index (κ2) is 7.17. The summed E-state index contributed by atoms with van der Waals surface area (Å²) in [6.45, 7) is 0. The molecule has 5 nitrogen and oxygen atoms in total. The molecule has 0 aliphatic heterocycles. The van der Waals surface area contributed by atoms with E-state index in [9.17, 15) is 8.42 Å². The molecule has 0 unspecified atom stereocenters. The lowest BCUT2D eigenvalue weighted by Gasteiger charge is -2.10. The molecule has 3 rings (SSSR count). The molecule has 0 N–H and O–H groups in total. The van der Waals surface area contributed by atoms with Crippen LogP contribution in [0.1, 0.15) is 5.56 Å². The Labute approximate surface area is 160 Å². The minimum Gasteiger partial charge on any atom is -0.431 e. The number of aromatic nitrogens is 1. The van der Waals surface area contributed by atoms with E-state index in [1.807, 2.05) is 0 Å². The predicted molar refractivity (Wildman–Crippen MR) is 101 cm³/mol. The molecule has 2 aromatic carbocycles. The largest absolute Gasteiger partial charge is 0.431 e. The summed E-state index contributed by atoms with van der Waals surface area (Å²) in [5.41, 5.74) is 1.80. The topological polar surface area (TPSA) is 63.4 Å². The number of thioether (sulfide) groups is 1. The highest BCUT2D eigenvalue weighted by Gasteiger charge is 2.19. The molecule has 132 valence electrons. The fraction of sp³-hybridized carbons (Fsp3) is 0.188. The van der Waals surface area contributed by atoms with Gasteiger partial charge < -0.3 is 4.42 Å². The molecule has 0 fully saturated rings. The first-order valence-electron chi connectivity index (χ1n) is 7.18. The predicted octanol–water partition coefficient (Wildman–Crippen LogP) is 4.68. The second-order valence-corrected chi connectivity index (χ2v) is 9.28. The third-order valence-corrected chi connectivity index (χ3v) is 6.89. The summed E-state index contributed by atoms with van der Waals surface area (Å²) in [5.74, 6) is 0.494. The van der Waals surface area contributed by atoms with E-state index in [2.05, 4.69) is 4.98 Å². The highest BCUT2D eigenvalue weighted by molar-refractivity contribution is 7.98. The van der Waals surface area contributed by atoms with E-state index >= 15 is 0 Å². The summed E-state index contributed by atoms with van der Waals surface area (Å²) in [7, 11) is -0.549. The van der Waals surface area contributed by atoms with Crippen molar-refractivity contribution in [1.82, 2.24) is 9.29 Å². The molecule has 1 heterocycles. The van der Waals surface area contributed by atoms with Crippen molar-refractivity contribution in [1.29, 1.82) is 0 Å². The third kappa shape index (κ3) is 3.80. The number of oxazole rings is 1. The summed E-state index contributed by atoms with van der Waals surface area (Å²) in [6.07, 6.45) is 0. The lowest BCUT2D eigenvalue weighted by atomic mass is 10.2.